The first-order valence-electron chi connectivity index (χ1n) is 13.9. The summed E-state index contributed by atoms with van der Waals surface area (Å²) in [6.07, 6.45) is 1.92. The van der Waals surface area contributed by atoms with Crippen LogP contribution in [0, 0.1) is 5.82 Å². The minimum atomic E-state index is -0.964. The fourth-order valence-corrected chi connectivity index (χ4v) is 6.42. The summed E-state index contributed by atoms with van der Waals surface area (Å²) >= 11 is 2.40. The minimum absolute atomic E-state index is 0.0652. The lowest BCUT2D eigenvalue weighted by molar-refractivity contribution is -0.132. The highest BCUT2D eigenvalue weighted by atomic mass is 32.2. The normalized spacial score (nSPS) is 16.1. The number of nitrogens with zero attached hydrogens (tertiary/aromatic N) is 3. The number of hydrogen-bond acceptors (Lipinski definition) is 9. The molecule has 0 bridgehead atoms. The number of aromatic nitrogens is 2. The van der Waals surface area contributed by atoms with Crippen LogP contribution in [-0.4, -0.2) is 40.2 Å². The Bertz CT molecular complexity index is 1620. The largest absolute Gasteiger partial charge is 0.507 e. The van der Waals surface area contributed by atoms with Crippen molar-refractivity contribution in [3.63, 3.8) is 0 Å². The van der Waals surface area contributed by atoms with Gasteiger partial charge in [0.05, 0.1) is 24.8 Å². The monoisotopic (exact) mass is 619 g/mol. The summed E-state index contributed by atoms with van der Waals surface area (Å²) in [7, 11) is 0. The first-order chi connectivity index (χ1) is 20.9. The van der Waals surface area contributed by atoms with Crippen LogP contribution in [0.1, 0.15) is 49.4 Å². The lowest BCUT2D eigenvalue weighted by atomic mass is 9.95. The summed E-state index contributed by atoms with van der Waals surface area (Å²) in [5.41, 5.74) is 1.40. The zero-order valence-corrected chi connectivity index (χ0v) is 25.3. The number of benzene rings is 3. The van der Waals surface area contributed by atoms with Crippen LogP contribution < -0.4 is 14.4 Å². The number of aliphatic hydroxyl groups excluding tert-OH is 1. The number of ketones is 1. The van der Waals surface area contributed by atoms with Crippen molar-refractivity contribution in [3.05, 3.63) is 101 Å². The van der Waals surface area contributed by atoms with Gasteiger partial charge in [-0.3, -0.25) is 14.5 Å². The molecule has 1 N–H and O–H groups in total. The van der Waals surface area contributed by atoms with Crippen molar-refractivity contribution in [2.75, 3.05) is 18.1 Å². The third-order valence-electron chi connectivity index (χ3n) is 6.76. The molecule has 1 saturated heterocycles. The van der Waals surface area contributed by atoms with E-state index in [2.05, 4.69) is 17.1 Å². The van der Waals surface area contributed by atoms with E-state index >= 15 is 0 Å². The van der Waals surface area contributed by atoms with E-state index in [-0.39, 0.29) is 22.3 Å². The number of anilines is 1. The number of Topliss-reactive ketones (excluding diaryl/α,β-unsaturated/α-hetero) is 1. The fourth-order valence-electron chi connectivity index (χ4n) is 4.57. The van der Waals surface area contributed by atoms with Gasteiger partial charge in [0.2, 0.25) is 5.13 Å². The highest BCUT2D eigenvalue weighted by molar-refractivity contribution is 8.00. The molecule has 1 aliphatic rings. The highest BCUT2D eigenvalue weighted by Gasteiger charge is 2.48. The van der Waals surface area contributed by atoms with E-state index in [1.54, 1.807) is 66.7 Å². The van der Waals surface area contributed by atoms with E-state index in [0.717, 1.165) is 24.2 Å². The Hall–Kier alpha value is -4.22. The van der Waals surface area contributed by atoms with Crippen molar-refractivity contribution >= 4 is 45.7 Å². The van der Waals surface area contributed by atoms with Crippen LogP contribution >= 0.6 is 23.1 Å². The Kier molecular flexibility index (Phi) is 9.73. The molecule has 0 aliphatic carbocycles. The molecule has 1 unspecified atom stereocenters. The second kappa shape index (κ2) is 13.8. The molecular formula is C32H30FN3O5S2. The van der Waals surface area contributed by atoms with E-state index in [0.29, 0.717) is 51.5 Å². The number of carbonyl (C=O) groups is 2. The SMILES string of the molecule is CCCCOc1ccc(/C(O)=C2\C(=O)C(=O)N(c3nnc(SCc4ccccc4F)s3)C2c2ccc(OCC)cc2)cc1. The Labute approximate surface area is 257 Å². The van der Waals surface area contributed by atoms with Crippen LogP contribution in [0.3, 0.4) is 0 Å². The molecule has 4 aromatic rings. The van der Waals surface area contributed by atoms with E-state index in [4.69, 9.17) is 9.47 Å². The van der Waals surface area contributed by atoms with Gasteiger partial charge in [-0.2, -0.15) is 0 Å². The van der Waals surface area contributed by atoms with E-state index in [1.165, 1.54) is 22.7 Å². The number of amides is 1. The van der Waals surface area contributed by atoms with Crippen LogP contribution in [0.15, 0.2) is 82.7 Å². The number of unbranched alkanes of at least 4 members (excludes halogenated alkanes) is 1. The van der Waals surface area contributed by atoms with Gasteiger partial charge in [-0.15, -0.1) is 10.2 Å². The highest BCUT2D eigenvalue weighted by Crippen LogP contribution is 2.44. The molecule has 8 nitrogen and oxygen atoms in total. The van der Waals surface area contributed by atoms with E-state index in [9.17, 15) is 19.1 Å². The molecule has 222 valence electrons. The van der Waals surface area contributed by atoms with Crippen LogP contribution in [0.5, 0.6) is 11.5 Å². The van der Waals surface area contributed by atoms with Crippen LogP contribution in [-0.2, 0) is 15.3 Å². The standard InChI is InChI=1S/C32H30FN3O5S2/c1-3-5-18-41-24-16-12-21(13-17-24)28(37)26-27(20-10-14-23(15-11-20)40-4-2)36(30(39)29(26)38)31-34-35-32(43-31)42-19-22-8-6-7-9-25(22)33/h6-17,27,37H,3-5,18-19H2,1-2H3/b28-26+. The van der Waals surface area contributed by atoms with Gasteiger partial charge in [-0.25, -0.2) is 4.39 Å². The van der Waals surface area contributed by atoms with Crippen molar-refractivity contribution in [1.82, 2.24) is 10.2 Å². The maximum absolute atomic E-state index is 14.1. The maximum atomic E-state index is 14.1. The predicted molar refractivity (Wildman–Crippen MR) is 165 cm³/mol. The molecule has 11 heteroatoms. The van der Waals surface area contributed by atoms with Crippen LogP contribution in [0.25, 0.3) is 5.76 Å². The van der Waals surface area contributed by atoms with Gasteiger partial charge in [0.1, 0.15) is 23.1 Å². The van der Waals surface area contributed by atoms with Crippen molar-refractivity contribution in [1.29, 1.82) is 0 Å². The lowest BCUT2D eigenvalue weighted by Crippen LogP contribution is -2.29. The molecule has 1 fully saturated rings. The number of hydrogen-bond donors (Lipinski definition) is 1. The summed E-state index contributed by atoms with van der Waals surface area (Å²) in [5, 5.41) is 20.0. The van der Waals surface area contributed by atoms with Crippen molar-refractivity contribution in [2.24, 2.45) is 0 Å². The first kappa shape index (κ1) is 30.2. The Balaban J connectivity index is 1.50. The molecule has 1 amide bonds. The third-order valence-corrected chi connectivity index (χ3v) is 8.86. The molecule has 5 rings (SSSR count). The van der Waals surface area contributed by atoms with Gasteiger partial charge >= 0.3 is 5.91 Å². The minimum Gasteiger partial charge on any atom is -0.507 e. The molecule has 3 aromatic carbocycles. The summed E-state index contributed by atoms with van der Waals surface area (Å²) < 4.78 is 25.9. The summed E-state index contributed by atoms with van der Waals surface area (Å²) in [5.74, 6) is -0.704. The quantitative estimate of drug-likeness (QED) is 0.0445. The number of carbonyl (C=O) groups excluding carboxylic acids is 2. The molecule has 1 atom stereocenters. The second-order valence-corrected chi connectivity index (χ2v) is 11.8. The molecule has 2 heterocycles. The van der Waals surface area contributed by atoms with Crippen LogP contribution in [0.2, 0.25) is 0 Å². The van der Waals surface area contributed by atoms with Gasteiger partial charge in [0.15, 0.2) is 4.34 Å². The van der Waals surface area contributed by atoms with Gasteiger partial charge in [-0.05, 0) is 66.9 Å². The molecule has 1 aromatic heterocycles. The second-order valence-electron chi connectivity index (χ2n) is 9.63. The average molecular weight is 620 g/mol. The van der Waals surface area contributed by atoms with E-state index in [1.807, 2.05) is 6.92 Å². The van der Waals surface area contributed by atoms with Crippen LogP contribution in [0.4, 0.5) is 9.52 Å². The van der Waals surface area contributed by atoms with Crippen molar-refractivity contribution in [2.45, 2.75) is 42.8 Å². The Morgan fingerprint density at radius 1 is 0.977 bits per heavy atom. The van der Waals surface area contributed by atoms with Gasteiger partial charge in [0.25, 0.3) is 5.78 Å². The average Bonchev–Trinajstić information content (AvgIpc) is 3.59. The smallest absolute Gasteiger partial charge is 0.301 e. The molecule has 0 saturated carbocycles. The van der Waals surface area contributed by atoms with Gasteiger partial charge in [-0.1, -0.05) is 66.8 Å². The van der Waals surface area contributed by atoms with Gasteiger partial charge in [0, 0.05) is 11.3 Å². The zero-order valence-electron chi connectivity index (χ0n) is 23.7. The van der Waals surface area contributed by atoms with Crippen molar-refractivity contribution in [3.8, 4) is 11.5 Å². The number of rotatable bonds is 12. The topological polar surface area (TPSA) is 102 Å². The summed E-state index contributed by atoms with van der Waals surface area (Å²) in [6, 6.07) is 19.2. The molecule has 43 heavy (non-hydrogen) atoms. The fraction of sp³-hybridized carbons (Fsp3) is 0.250. The van der Waals surface area contributed by atoms with Gasteiger partial charge < -0.3 is 14.6 Å². The first-order valence-corrected chi connectivity index (χ1v) is 15.7. The molecule has 1 aliphatic heterocycles. The Morgan fingerprint density at radius 2 is 1.67 bits per heavy atom. The number of ether oxygens (including phenoxy) is 2. The lowest BCUT2D eigenvalue weighted by Gasteiger charge is -2.22. The number of halogens is 1. The van der Waals surface area contributed by atoms with E-state index < -0.39 is 17.7 Å². The zero-order chi connectivity index (χ0) is 30.3. The number of aliphatic hydroxyl groups is 1. The molecule has 0 spiro atoms. The third kappa shape index (κ3) is 6.73. The molecule has 0 radical (unpaired) electrons. The van der Waals surface area contributed by atoms with Crippen molar-refractivity contribution < 1.29 is 28.6 Å². The predicted octanol–water partition coefficient (Wildman–Crippen LogP) is 7.17. The summed E-state index contributed by atoms with van der Waals surface area (Å²) in [6.45, 7) is 5.01. The number of thioether (sulfide) groups is 1. The Morgan fingerprint density at radius 3 is 2.37 bits per heavy atom. The summed E-state index contributed by atoms with van der Waals surface area (Å²) in [4.78, 5) is 28.3. The maximum Gasteiger partial charge on any atom is 0.301 e. The molecular weight excluding hydrogens is 590 g/mol.